The van der Waals surface area contributed by atoms with Crippen molar-refractivity contribution in [2.75, 3.05) is 16.8 Å². The summed E-state index contributed by atoms with van der Waals surface area (Å²) in [5.41, 5.74) is 3.43. The van der Waals surface area contributed by atoms with Crippen molar-refractivity contribution in [1.82, 2.24) is 0 Å². The van der Waals surface area contributed by atoms with Crippen LogP contribution in [-0.2, 0) is 4.79 Å². The number of nitrogens with zero attached hydrogens (tertiary/aromatic N) is 1. The van der Waals surface area contributed by atoms with Gasteiger partial charge in [0.2, 0.25) is 0 Å². The molecule has 1 aliphatic carbocycles. The van der Waals surface area contributed by atoms with E-state index in [1.165, 1.54) is 0 Å². The number of carbonyl (C=O) groups is 2. The molecule has 5 nitrogen and oxygen atoms in total. The van der Waals surface area contributed by atoms with Gasteiger partial charge >= 0.3 is 0 Å². The topological polar surface area (TPSA) is 58.6 Å². The number of rotatable bonds is 5. The van der Waals surface area contributed by atoms with Gasteiger partial charge in [-0.15, -0.1) is 0 Å². The first kappa shape index (κ1) is 21.6. The van der Waals surface area contributed by atoms with Crippen LogP contribution in [0.15, 0.2) is 76.5 Å². The van der Waals surface area contributed by atoms with E-state index in [9.17, 15) is 9.59 Å². The number of hydrogen-bond donors (Lipinski definition) is 1. The van der Waals surface area contributed by atoms with E-state index in [-0.39, 0.29) is 24.5 Å². The Labute approximate surface area is 198 Å². The molecule has 1 aliphatic heterocycles. The van der Waals surface area contributed by atoms with E-state index in [1.54, 1.807) is 11.8 Å². The number of anilines is 2. The van der Waals surface area contributed by atoms with Crippen LogP contribution in [-0.4, -0.2) is 24.5 Å². The molecular weight excluding hydrogens is 432 g/mol. The lowest BCUT2D eigenvalue weighted by Gasteiger charge is -2.29. The van der Waals surface area contributed by atoms with Gasteiger partial charge in [0.1, 0.15) is 5.75 Å². The third kappa shape index (κ3) is 4.62. The lowest BCUT2D eigenvalue weighted by atomic mass is 10.1. The second kappa shape index (κ2) is 9.32. The fourth-order valence-electron chi connectivity index (χ4n) is 4.54. The normalized spacial score (nSPS) is 15.5. The van der Waals surface area contributed by atoms with Gasteiger partial charge < -0.3 is 15.0 Å². The third-order valence-corrected chi connectivity index (χ3v) is 7.23. The molecule has 0 spiro atoms. The lowest BCUT2D eigenvalue weighted by Crippen LogP contribution is -2.39. The largest absolute Gasteiger partial charge is 0.484 e. The van der Waals surface area contributed by atoms with E-state index in [0.717, 1.165) is 52.3 Å². The fraction of sp³-hybridized carbons (Fsp3) is 0.259. The molecule has 1 saturated carbocycles. The molecule has 0 atom stereocenters. The highest BCUT2D eigenvalue weighted by molar-refractivity contribution is 7.99. The van der Waals surface area contributed by atoms with Crippen molar-refractivity contribution >= 4 is 35.0 Å². The van der Waals surface area contributed by atoms with E-state index in [0.29, 0.717) is 11.4 Å². The van der Waals surface area contributed by atoms with Crippen molar-refractivity contribution in [2.24, 2.45) is 0 Å². The van der Waals surface area contributed by atoms with Gasteiger partial charge in [0.05, 0.1) is 11.3 Å². The number of fused-ring (bicyclic) bond motifs is 2. The lowest BCUT2D eigenvalue weighted by molar-refractivity contribution is -0.118. The zero-order valence-corrected chi connectivity index (χ0v) is 19.4. The average Bonchev–Trinajstić information content (AvgIpc) is 3.30. The first-order valence-corrected chi connectivity index (χ1v) is 12.1. The van der Waals surface area contributed by atoms with Gasteiger partial charge in [-0.25, -0.2) is 0 Å². The summed E-state index contributed by atoms with van der Waals surface area (Å²) in [5.74, 6) is 0.510. The molecule has 0 bridgehead atoms. The van der Waals surface area contributed by atoms with E-state index in [1.807, 2.05) is 78.6 Å². The van der Waals surface area contributed by atoms with Crippen molar-refractivity contribution in [3.63, 3.8) is 0 Å². The minimum Gasteiger partial charge on any atom is -0.484 e. The van der Waals surface area contributed by atoms with Crippen LogP contribution in [0.5, 0.6) is 5.75 Å². The average molecular weight is 459 g/mol. The highest BCUT2D eigenvalue weighted by Crippen LogP contribution is 2.44. The Morgan fingerprint density at radius 2 is 1.85 bits per heavy atom. The van der Waals surface area contributed by atoms with E-state index >= 15 is 0 Å². The highest BCUT2D eigenvalue weighted by Gasteiger charge is 2.34. The summed E-state index contributed by atoms with van der Waals surface area (Å²) in [6, 6.07) is 21.4. The van der Waals surface area contributed by atoms with Crippen LogP contribution in [0.2, 0.25) is 0 Å². The van der Waals surface area contributed by atoms with Crippen molar-refractivity contribution in [3.05, 3.63) is 77.9 Å². The van der Waals surface area contributed by atoms with Crippen LogP contribution in [0, 0.1) is 6.92 Å². The predicted octanol–water partition coefficient (Wildman–Crippen LogP) is 6.07. The summed E-state index contributed by atoms with van der Waals surface area (Å²) in [6.45, 7) is 1.92. The Bertz CT molecular complexity index is 1200. The van der Waals surface area contributed by atoms with Crippen LogP contribution in [0.3, 0.4) is 0 Å². The van der Waals surface area contributed by atoms with E-state index in [4.69, 9.17) is 4.74 Å². The Morgan fingerprint density at radius 3 is 2.67 bits per heavy atom. The molecule has 0 aromatic heterocycles. The first-order chi connectivity index (χ1) is 16.1. The Kier molecular flexibility index (Phi) is 6.09. The van der Waals surface area contributed by atoms with Gasteiger partial charge in [-0.1, -0.05) is 48.9 Å². The summed E-state index contributed by atoms with van der Waals surface area (Å²) < 4.78 is 5.63. The summed E-state index contributed by atoms with van der Waals surface area (Å²) in [5, 5.41) is 2.94. The molecule has 2 aliphatic rings. The van der Waals surface area contributed by atoms with Gasteiger partial charge in [-0.3, -0.25) is 9.59 Å². The SMILES string of the molecule is Cc1cccc(OCC(=O)Nc2ccc3c(c2)Sc2ccccc2C(=O)N3C2CCCC2)c1. The number of hydrogen-bond acceptors (Lipinski definition) is 4. The van der Waals surface area contributed by atoms with Crippen LogP contribution in [0.4, 0.5) is 11.4 Å². The van der Waals surface area contributed by atoms with Gasteiger partial charge in [0, 0.05) is 21.5 Å². The monoisotopic (exact) mass is 458 g/mol. The molecule has 33 heavy (non-hydrogen) atoms. The fourth-order valence-corrected chi connectivity index (χ4v) is 5.64. The Morgan fingerprint density at radius 1 is 1.03 bits per heavy atom. The van der Waals surface area contributed by atoms with Crippen LogP contribution in [0.1, 0.15) is 41.6 Å². The highest BCUT2D eigenvalue weighted by atomic mass is 32.2. The number of carbonyl (C=O) groups excluding carboxylic acids is 2. The molecular formula is C27H26N2O3S. The van der Waals surface area contributed by atoms with Gasteiger partial charge in [0.15, 0.2) is 6.61 Å². The zero-order valence-electron chi connectivity index (χ0n) is 18.5. The second-order valence-electron chi connectivity index (χ2n) is 8.55. The van der Waals surface area contributed by atoms with Gasteiger partial charge in [-0.05, 0) is 67.8 Å². The minimum absolute atomic E-state index is 0.0621. The standard InChI is InChI=1S/C27H26N2O3S/c1-18-7-6-10-21(15-18)32-17-26(30)28-19-13-14-23-25(16-19)33-24-12-5-4-11-22(24)27(31)29(23)20-8-2-3-9-20/h4-7,10-16,20H,2-3,8-9,17H2,1H3,(H,28,30). The van der Waals surface area contributed by atoms with Crippen molar-refractivity contribution in [3.8, 4) is 5.75 Å². The number of benzene rings is 3. The molecule has 1 N–H and O–H groups in total. The molecule has 0 saturated heterocycles. The van der Waals surface area contributed by atoms with Crippen LogP contribution >= 0.6 is 11.8 Å². The first-order valence-electron chi connectivity index (χ1n) is 11.3. The maximum absolute atomic E-state index is 13.5. The van der Waals surface area contributed by atoms with Gasteiger partial charge in [0.25, 0.3) is 11.8 Å². The van der Waals surface area contributed by atoms with Crippen molar-refractivity contribution in [1.29, 1.82) is 0 Å². The zero-order chi connectivity index (χ0) is 22.8. The third-order valence-electron chi connectivity index (χ3n) is 6.11. The molecule has 5 rings (SSSR count). The summed E-state index contributed by atoms with van der Waals surface area (Å²) >= 11 is 1.58. The predicted molar refractivity (Wildman–Crippen MR) is 131 cm³/mol. The molecule has 3 aromatic rings. The number of ether oxygens (including phenoxy) is 1. The minimum atomic E-state index is -0.223. The van der Waals surface area contributed by atoms with Gasteiger partial charge in [-0.2, -0.15) is 0 Å². The summed E-state index contributed by atoms with van der Waals surface area (Å²) in [6.07, 6.45) is 4.33. The van der Waals surface area contributed by atoms with Crippen molar-refractivity contribution in [2.45, 2.75) is 48.4 Å². The number of aryl methyl sites for hydroxylation is 1. The quantitative estimate of drug-likeness (QED) is 0.504. The van der Waals surface area contributed by atoms with Crippen LogP contribution < -0.4 is 15.0 Å². The van der Waals surface area contributed by atoms with Crippen LogP contribution in [0.25, 0.3) is 0 Å². The molecule has 168 valence electrons. The number of amides is 2. The summed E-state index contributed by atoms with van der Waals surface area (Å²) in [4.78, 5) is 29.9. The Balaban J connectivity index is 1.39. The van der Waals surface area contributed by atoms with Crippen molar-refractivity contribution < 1.29 is 14.3 Å². The molecule has 2 amide bonds. The second-order valence-corrected chi connectivity index (χ2v) is 9.63. The molecule has 3 aromatic carbocycles. The maximum Gasteiger partial charge on any atom is 0.262 e. The molecule has 0 unspecified atom stereocenters. The molecule has 6 heteroatoms. The smallest absolute Gasteiger partial charge is 0.262 e. The molecule has 1 fully saturated rings. The van der Waals surface area contributed by atoms with E-state index in [2.05, 4.69) is 5.32 Å². The Hall–Kier alpha value is -3.25. The number of nitrogens with one attached hydrogen (secondary N) is 1. The molecule has 1 heterocycles. The maximum atomic E-state index is 13.5. The van der Waals surface area contributed by atoms with E-state index < -0.39 is 0 Å². The summed E-state index contributed by atoms with van der Waals surface area (Å²) in [7, 11) is 0. The molecule has 0 radical (unpaired) electrons.